The number of rotatable bonds is 5. The van der Waals surface area contributed by atoms with E-state index in [1.54, 1.807) is 0 Å². The summed E-state index contributed by atoms with van der Waals surface area (Å²) in [5.74, 6) is 0. The van der Waals surface area contributed by atoms with Gasteiger partial charge in [-0.25, -0.2) is 0 Å². The Morgan fingerprint density at radius 3 is 2.65 bits per heavy atom. The Balaban J connectivity index is 1.51. The van der Waals surface area contributed by atoms with Crippen molar-refractivity contribution in [2.24, 2.45) is 5.41 Å². The summed E-state index contributed by atoms with van der Waals surface area (Å²) in [4.78, 5) is 2.46. The molecule has 1 aliphatic heterocycles. The summed E-state index contributed by atoms with van der Waals surface area (Å²) >= 11 is 0. The van der Waals surface area contributed by atoms with Crippen LogP contribution in [-0.2, 0) is 0 Å². The molecule has 1 aromatic rings. The van der Waals surface area contributed by atoms with Crippen LogP contribution in [0.3, 0.4) is 0 Å². The number of anilines is 1. The highest BCUT2D eigenvalue weighted by molar-refractivity contribution is 5.47. The average molecular weight is 274 g/mol. The molecule has 2 aliphatic rings. The Kier molecular flexibility index (Phi) is 4.27. The molecule has 1 aromatic carbocycles. The molecular formula is C17H26N2O. The Morgan fingerprint density at radius 2 is 1.95 bits per heavy atom. The molecule has 1 aliphatic carbocycles. The maximum atomic E-state index is 9.67. The van der Waals surface area contributed by atoms with Gasteiger partial charge in [-0.1, -0.05) is 31.0 Å². The third kappa shape index (κ3) is 2.99. The van der Waals surface area contributed by atoms with Crippen LogP contribution in [0.5, 0.6) is 0 Å². The lowest BCUT2D eigenvalue weighted by Gasteiger charge is -2.28. The summed E-state index contributed by atoms with van der Waals surface area (Å²) in [5, 5.41) is 13.4. The number of nitrogens with zero attached hydrogens (tertiary/aromatic N) is 1. The van der Waals surface area contributed by atoms with Crippen LogP contribution >= 0.6 is 0 Å². The predicted molar refractivity (Wildman–Crippen MR) is 83.0 cm³/mol. The molecular weight excluding hydrogens is 248 g/mol. The largest absolute Gasteiger partial charge is 0.396 e. The minimum absolute atomic E-state index is 0.167. The molecule has 1 heterocycles. The first kappa shape index (κ1) is 13.9. The van der Waals surface area contributed by atoms with E-state index in [0.29, 0.717) is 12.6 Å². The molecule has 110 valence electrons. The molecule has 20 heavy (non-hydrogen) atoms. The van der Waals surface area contributed by atoms with Crippen LogP contribution in [0.15, 0.2) is 30.3 Å². The van der Waals surface area contributed by atoms with Crippen molar-refractivity contribution in [2.75, 3.05) is 31.1 Å². The van der Waals surface area contributed by atoms with Crippen LogP contribution < -0.4 is 10.2 Å². The third-order valence-corrected chi connectivity index (χ3v) is 5.07. The van der Waals surface area contributed by atoms with Crippen molar-refractivity contribution in [1.29, 1.82) is 0 Å². The second-order valence-electron chi connectivity index (χ2n) is 6.51. The molecule has 2 fully saturated rings. The molecule has 3 heteroatoms. The molecule has 1 atom stereocenters. The Bertz CT molecular complexity index is 414. The third-order valence-electron chi connectivity index (χ3n) is 5.07. The maximum Gasteiger partial charge on any atom is 0.0499 e. The van der Waals surface area contributed by atoms with Crippen molar-refractivity contribution < 1.29 is 5.11 Å². The first-order valence-electron chi connectivity index (χ1n) is 7.96. The van der Waals surface area contributed by atoms with Crippen molar-refractivity contribution in [2.45, 2.75) is 38.1 Å². The van der Waals surface area contributed by atoms with Gasteiger partial charge in [0.05, 0.1) is 0 Å². The number of hydrogen-bond donors (Lipinski definition) is 2. The number of para-hydroxylation sites is 1. The number of benzene rings is 1. The van der Waals surface area contributed by atoms with E-state index in [9.17, 15) is 5.11 Å². The Hall–Kier alpha value is -1.06. The summed E-state index contributed by atoms with van der Waals surface area (Å²) in [6, 6.07) is 11.2. The second-order valence-corrected chi connectivity index (χ2v) is 6.51. The lowest BCUT2D eigenvalue weighted by Crippen LogP contribution is -2.41. The van der Waals surface area contributed by atoms with Gasteiger partial charge in [-0.2, -0.15) is 0 Å². The lowest BCUT2D eigenvalue weighted by atomic mass is 9.87. The molecule has 0 unspecified atom stereocenters. The minimum Gasteiger partial charge on any atom is -0.396 e. The SMILES string of the molecule is OCC1(CN[C@H]2CCN(c3ccccc3)C2)CCCC1. The van der Waals surface area contributed by atoms with Crippen LogP contribution in [0.2, 0.25) is 0 Å². The standard InChI is InChI=1S/C17H26N2O/c20-14-17(9-4-5-10-17)13-18-15-8-11-19(12-15)16-6-2-1-3-7-16/h1-3,6-7,15,18,20H,4-5,8-14H2/t15-/m0/s1. The first-order chi connectivity index (χ1) is 9.81. The molecule has 0 radical (unpaired) electrons. The zero-order valence-electron chi connectivity index (χ0n) is 12.2. The van der Waals surface area contributed by atoms with Crippen LogP contribution in [0.25, 0.3) is 0 Å². The quantitative estimate of drug-likeness (QED) is 0.865. The molecule has 0 bridgehead atoms. The van der Waals surface area contributed by atoms with Gasteiger partial charge in [-0.3, -0.25) is 0 Å². The summed E-state index contributed by atoms with van der Waals surface area (Å²) < 4.78 is 0. The van der Waals surface area contributed by atoms with Gasteiger partial charge in [0.25, 0.3) is 0 Å². The van der Waals surface area contributed by atoms with Gasteiger partial charge in [0.15, 0.2) is 0 Å². The van der Waals surface area contributed by atoms with E-state index in [4.69, 9.17) is 0 Å². The molecule has 0 amide bonds. The van der Waals surface area contributed by atoms with Crippen LogP contribution in [0, 0.1) is 5.41 Å². The van der Waals surface area contributed by atoms with Crippen molar-refractivity contribution in [1.82, 2.24) is 5.32 Å². The highest BCUT2D eigenvalue weighted by Crippen LogP contribution is 2.37. The number of aliphatic hydroxyl groups excluding tert-OH is 1. The fourth-order valence-electron chi connectivity index (χ4n) is 3.68. The number of nitrogens with one attached hydrogen (secondary N) is 1. The molecule has 0 aromatic heterocycles. The van der Waals surface area contributed by atoms with E-state index in [1.165, 1.54) is 37.8 Å². The average Bonchev–Trinajstić information content (AvgIpc) is 3.16. The Labute approximate surface area is 122 Å². The van der Waals surface area contributed by atoms with Crippen molar-refractivity contribution in [3.8, 4) is 0 Å². The van der Waals surface area contributed by atoms with Gasteiger partial charge in [0, 0.05) is 43.4 Å². The smallest absolute Gasteiger partial charge is 0.0499 e. The van der Waals surface area contributed by atoms with E-state index < -0.39 is 0 Å². The first-order valence-corrected chi connectivity index (χ1v) is 7.96. The van der Waals surface area contributed by atoms with E-state index in [0.717, 1.165) is 19.6 Å². The van der Waals surface area contributed by atoms with E-state index in [1.807, 2.05) is 0 Å². The summed E-state index contributed by atoms with van der Waals surface area (Å²) in [6.45, 7) is 3.55. The summed E-state index contributed by atoms with van der Waals surface area (Å²) in [6.07, 6.45) is 6.14. The van der Waals surface area contributed by atoms with E-state index >= 15 is 0 Å². The summed E-state index contributed by atoms with van der Waals surface area (Å²) in [5.41, 5.74) is 1.50. The van der Waals surface area contributed by atoms with Gasteiger partial charge in [-0.05, 0) is 31.4 Å². The predicted octanol–water partition coefficient (Wildman–Crippen LogP) is 2.41. The van der Waals surface area contributed by atoms with Gasteiger partial charge >= 0.3 is 0 Å². The second kappa shape index (κ2) is 6.15. The molecule has 3 nitrogen and oxygen atoms in total. The summed E-state index contributed by atoms with van der Waals surface area (Å²) in [7, 11) is 0. The van der Waals surface area contributed by atoms with Crippen molar-refractivity contribution in [3.63, 3.8) is 0 Å². The molecule has 2 N–H and O–H groups in total. The highest BCUT2D eigenvalue weighted by atomic mass is 16.3. The number of hydrogen-bond acceptors (Lipinski definition) is 3. The van der Waals surface area contributed by atoms with Crippen molar-refractivity contribution in [3.05, 3.63) is 30.3 Å². The van der Waals surface area contributed by atoms with Gasteiger partial charge in [0.1, 0.15) is 0 Å². The Morgan fingerprint density at radius 1 is 1.20 bits per heavy atom. The normalized spacial score (nSPS) is 25.2. The zero-order chi connectivity index (χ0) is 13.8. The highest BCUT2D eigenvalue weighted by Gasteiger charge is 2.34. The van der Waals surface area contributed by atoms with Gasteiger partial charge in [0.2, 0.25) is 0 Å². The van der Waals surface area contributed by atoms with Gasteiger partial charge < -0.3 is 15.3 Å². The fourth-order valence-corrected chi connectivity index (χ4v) is 3.68. The van der Waals surface area contributed by atoms with Crippen LogP contribution in [0.4, 0.5) is 5.69 Å². The maximum absolute atomic E-state index is 9.67. The number of aliphatic hydroxyl groups is 1. The topological polar surface area (TPSA) is 35.5 Å². The van der Waals surface area contributed by atoms with Gasteiger partial charge in [-0.15, -0.1) is 0 Å². The zero-order valence-corrected chi connectivity index (χ0v) is 12.2. The van der Waals surface area contributed by atoms with Crippen LogP contribution in [-0.4, -0.2) is 37.4 Å². The van der Waals surface area contributed by atoms with Crippen LogP contribution in [0.1, 0.15) is 32.1 Å². The monoisotopic (exact) mass is 274 g/mol. The molecule has 1 saturated heterocycles. The fraction of sp³-hybridized carbons (Fsp3) is 0.647. The van der Waals surface area contributed by atoms with E-state index in [-0.39, 0.29) is 5.41 Å². The van der Waals surface area contributed by atoms with Crippen molar-refractivity contribution >= 4 is 5.69 Å². The van der Waals surface area contributed by atoms with E-state index in [2.05, 4.69) is 40.5 Å². The lowest BCUT2D eigenvalue weighted by molar-refractivity contribution is 0.125. The molecule has 3 rings (SSSR count). The minimum atomic E-state index is 0.167. The molecule has 1 saturated carbocycles. The molecule has 0 spiro atoms.